The maximum Gasteiger partial charge on any atom is 0.243 e. The summed E-state index contributed by atoms with van der Waals surface area (Å²) in [4.78, 5) is 26.5. The number of rotatable bonds is 6. The van der Waals surface area contributed by atoms with E-state index in [1.54, 1.807) is 22.5 Å². The molecule has 8 heteroatoms. The number of fused-ring (bicyclic) bond motifs is 1. The molecule has 3 rings (SSSR count). The van der Waals surface area contributed by atoms with Crippen LogP contribution in [-0.2, 0) is 26.0 Å². The molecule has 29 heavy (non-hydrogen) atoms. The minimum atomic E-state index is -3.54. The highest BCUT2D eigenvalue weighted by Crippen LogP contribution is 2.32. The molecule has 2 amide bonds. The lowest BCUT2D eigenvalue weighted by atomic mass is 10.0. The van der Waals surface area contributed by atoms with E-state index in [9.17, 15) is 18.0 Å². The zero-order valence-electron chi connectivity index (χ0n) is 17.5. The van der Waals surface area contributed by atoms with Gasteiger partial charge in [-0.2, -0.15) is 4.31 Å². The summed E-state index contributed by atoms with van der Waals surface area (Å²) >= 11 is 0. The third kappa shape index (κ3) is 4.80. The van der Waals surface area contributed by atoms with Gasteiger partial charge in [-0.1, -0.05) is 13.8 Å². The first-order valence-corrected chi connectivity index (χ1v) is 11.9. The maximum absolute atomic E-state index is 13.0. The van der Waals surface area contributed by atoms with Crippen LogP contribution in [0.4, 0.5) is 5.69 Å². The number of amides is 2. The van der Waals surface area contributed by atoms with Gasteiger partial charge in [-0.15, -0.1) is 0 Å². The number of anilines is 1. The van der Waals surface area contributed by atoms with E-state index in [0.717, 1.165) is 24.8 Å². The normalized spacial score (nSPS) is 19.7. The third-order valence-corrected chi connectivity index (χ3v) is 7.85. The van der Waals surface area contributed by atoms with Crippen LogP contribution in [-0.4, -0.2) is 50.2 Å². The van der Waals surface area contributed by atoms with Crippen LogP contribution < -0.4 is 10.2 Å². The number of aryl methyl sites for hydroxylation is 1. The van der Waals surface area contributed by atoms with Gasteiger partial charge in [-0.25, -0.2) is 8.42 Å². The fraction of sp³-hybridized carbons (Fsp3) is 0.619. The van der Waals surface area contributed by atoms with E-state index < -0.39 is 10.0 Å². The first-order chi connectivity index (χ1) is 13.7. The van der Waals surface area contributed by atoms with Crippen LogP contribution in [0, 0.1) is 5.92 Å². The molecule has 0 aliphatic carbocycles. The van der Waals surface area contributed by atoms with Crippen molar-refractivity contribution < 1.29 is 18.0 Å². The molecular weight excluding hydrogens is 390 g/mol. The summed E-state index contributed by atoms with van der Waals surface area (Å²) < 4.78 is 27.6. The highest BCUT2D eigenvalue weighted by molar-refractivity contribution is 7.89. The number of hydrogen-bond acceptors (Lipinski definition) is 4. The first-order valence-electron chi connectivity index (χ1n) is 10.4. The van der Waals surface area contributed by atoms with Crippen LogP contribution in [0.15, 0.2) is 23.1 Å². The van der Waals surface area contributed by atoms with Crippen LogP contribution in [0.1, 0.15) is 52.0 Å². The topological polar surface area (TPSA) is 86.8 Å². The van der Waals surface area contributed by atoms with E-state index >= 15 is 0 Å². The van der Waals surface area contributed by atoms with Gasteiger partial charge < -0.3 is 10.2 Å². The molecule has 1 saturated heterocycles. The quantitative estimate of drug-likeness (QED) is 0.764. The summed E-state index contributed by atoms with van der Waals surface area (Å²) in [6.07, 6.45) is 3.31. The average molecular weight is 422 g/mol. The van der Waals surface area contributed by atoms with Gasteiger partial charge in [-0.3, -0.25) is 9.59 Å². The Morgan fingerprint density at radius 1 is 1.24 bits per heavy atom. The van der Waals surface area contributed by atoms with Crippen molar-refractivity contribution in [2.75, 3.05) is 24.5 Å². The SMILES string of the molecule is CC[C@H](C)NC(=O)CN1C(=O)CCc2cc(S(=O)(=O)N3CCC(C)CC3)ccc21. The molecule has 0 bridgehead atoms. The van der Waals surface area contributed by atoms with Crippen LogP contribution in [0.3, 0.4) is 0 Å². The molecule has 0 radical (unpaired) electrons. The van der Waals surface area contributed by atoms with Gasteiger partial charge in [0.1, 0.15) is 6.54 Å². The summed E-state index contributed by atoms with van der Waals surface area (Å²) in [5.41, 5.74) is 1.43. The number of carbonyl (C=O) groups is 2. The Bertz CT molecular complexity index is 876. The predicted octanol–water partition coefficient (Wildman–Crippen LogP) is 2.30. The molecular formula is C21H31N3O4S. The van der Waals surface area contributed by atoms with Crippen LogP contribution >= 0.6 is 0 Å². The lowest BCUT2D eigenvalue weighted by Crippen LogP contribution is -2.45. The second kappa shape index (κ2) is 8.83. The minimum Gasteiger partial charge on any atom is -0.352 e. The van der Waals surface area contributed by atoms with Crippen LogP contribution in [0.5, 0.6) is 0 Å². The molecule has 7 nitrogen and oxygen atoms in total. The van der Waals surface area contributed by atoms with Gasteiger partial charge >= 0.3 is 0 Å². The smallest absolute Gasteiger partial charge is 0.243 e. The zero-order valence-corrected chi connectivity index (χ0v) is 18.3. The molecule has 1 aromatic carbocycles. The highest BCUT2D eigenvalue weighted by atomic mass is 32.2. The van der Waals surface area contributed by atoms with Gasteiger partial charge in [0.25, 0.3) is 0 Å². The van der Waals surface area contributed by atoms with Crippen molar-refractivity contribution >= 4 is 27.5 Å². The molecule has 0 saturated carbocycles. The number of piperidine rings is 1. The van der Waals surface area contributed by atoms with Gasteiger partial charge in [0.05, 0.1) is 4.90 Å². The highest BCUT2D eigenvalue weighted by Gasteiger charge is 2.31. The summed E-state index contributed by atoms with van der Waals surface area (Å²) in [7, 11) is -3.54. The van der Waals surface area contributed by atoms with E-state index in [0.29, 0.717) is 31.1 Å². The second-order valence-electron chi connectivity index (χ2n) is 8.23. The Kier molecular flexibility index (Phi) is 6.63. The second-order valence-corrected chi connectivity index (χ2v) is 10.2. The number of nitrogens with one attached hydrogen (secondary N) is 1. The van der Waals surface area contributed by atoms with Crippen LogP contribution in [0.2, 0.25) is 0 Å². The third-order valence-electron chi connectivity index (χ3n) is 5.95. The molecule has 0 spiro atoms. The molecule has 1 N–H and O–H groups in total. The van der Waals surface area contributed by atoms with E-state index in [1.165, 1.54) is 4.90 Å². The fourth-order valence-electron chi connectivity index (χ4n) is 3.81. The van der Waals surface area contributed by atoms with Gasteiger partial charge in [0.2, 0.25) is 21.8 Å². The molecule has 2 aliphatic heterocycles. The van der Waals surface area contributed by atoms with Crippen molar-refractivity contribution in [3.8, 4) is 0 Å². The molecule has 2 heterocycles. The summed E-state index contributed by atoms with van der Waals surface area (Å²) in [5.74, 6) is 0.225. The molecule has 0 unspecified atom stereocenters. The van der Waals surface area contributed by atoms with Crippen molar-refractivity contribution in [2.45, 2.75) is 63.8 Å². The molecule has 160 valence electrons. The van der Waals surface area contributed by atoms with Crippen molar-refractivity contribution in [1.29, 1.82) is 0 Å². The summed E-state index contributed by atoms with van der Waals surface area (Å²) in [5, 5.41) is 2.88. The zero-order chi connectivity index (χ0) is 21.2. The molecule has 1 fully saturated rings. The van der Waals surface area contributed by atoms with Crippen molar-refractivity contribution in [3.05, 3.63) is 23.8 Å². The molecule has 2 aliphatic rings. The van der Waals surface area contributed by atoms with E-state index in [2.05, 4.69) is 12.2 Å². The van der Waals surface area contributed by atoms with Gasteiger partial charge in [-0.05, 0) is 62.3 Å². The number of benzene rings is 1. The largest absolute Gasteiger partial charge is 0.352 e. The van der Waals surface area contributed by atoms with Gasteiger partial charge in [0, 0.05) is 31.2 Å². The first kappa shape index (κ1) is 21.8. The van der Waals surface area contributed by atoms with Crippen molar-refractivity contribution in [3.63, 3.8) is 0 Å². The molecule has 0 aromatic heterocycles. The summed E-state index contributed by atoms with van der Waals surface area (Å²) in [6.45, 7) is 7.08. The fourth-order valence-corrected chi connectivity index (χ4v) is 5.33. The lowest BCUT2D eigenvalue weighted by Gasteiger charge is -2.31. The van der Waals surface area contributed by atoms with E-state index in [-0.39, 0.29) is 35.7 Å². The number of sulfonamides is 1. The van der Waals surface area contributed by atoms with E-state index in [1.807, 2.05) is 13.8 Å². The van der Waals surface area contributed by atoms with E-state index in [4.69, 9.17) is 0 Å². The Balaban J connectivity index is 1.81. The Hall–Kier alpha value is -1.93. The minimum absolute atomic E-state index is 0.0432. The number of hydrogen-bond donors (Lipinski definition) is 1. The predicted molar refractivity (Wildman–Crippen MR) is 112 cm³/mol. The lowest BCUT2D eigenvalue weighted by molar-refractivity contribution is -0.124. The summed E-state index contributed by atoms with van der Waals surface area (Å²) in [6, 6.07) is 4.95. The monoisotopic (exact) mass is 421 g/mol. The maximum atomic E-state index is 13.0. The Morgan fingerprint density at radius 2 is 1.93 bits per heavy atom. The standard InChI is InChI=1S/C21H31N3O4S/c1-4-16(3)22-20(25)14-24-19-7-6-18(13-17(19)5-8-21(24)26)29(27,28)23-11-9-15(2)10-12-23/h6-7,13,15-16H,4-5,8-12,14H2,1-3H3,(H,22,25)/t16-/m0/s1. The van der Waals surface area contributed by atoms with Crippen molar-refractivity contribution in [2.24, 2.45) is 5.92 Å². The van der Waals surface area contributed by atoms with Crippen molar-refractivity contribution in [1.82, 2.24) is 9.62 Å². The molecule has 1 atom stereocenters. The van der Waals surface area contributed by atoms with Crippen LogP contribution in [0.25, 0.3) is 0 Å². The number of nitrogens with zero attached hydrogens (tertiary/aromatic N) is 2. The van der Waals surface area contributed by atoms with Gasteiger partial charge in [0.15, 0.2) is 0 Å². The number of carbonyl (C=O) groups excluding carboxylic acids is 2. The Morgan fingerprint density at radius 3 is 2.59 bits per heavy atom. The Labute approximate surface area is 173 Å². The molecule has 1 aromatic rings. The average Bonchev–Trinajstić information content (AvgIpc) is 2.70.